The van der Waals surface area contributed by atoms with Gasteiger partial charge in [0.25, 0.3) is 0 Å². The first kappa shape index (κ1) is 9.43. The van der Waals surface area contributed by atoms with Crippen LogP contribution in [0.5, 0.6) is 0 Å². The van der Waals surface area contributed by atoms with Crippen LogP contribution < -0.4 is 5.32 Å². The van der Waals surface area contributed by atoms with Crippen LogP contribution in [0.1, 0.15) is 12.1 Å². The van der Waals surface area contributed by atoms with Gasteiger partial charge in [-0.25, -0.2) is 0 Å². The quantitative estimate of drug-likeness (QED) is 0.697. The Labute approximate surface area is 83.4 Å². The van der Waals surface area contributed by atoms with E-state index in [2.05, 4.69) is 21.6 Å². The molecule has 1 aromatic heterocycles. The largest absolute Gasteiger partial charge is 0.377 e. The molecule has 76 valence electrons. The van der Waals surface area contributed by atoms with Gasteiger partial charge in [0.2, 0.25) is 0 Å². The van der Waals surface area contributed by atoms with Crippen LogP contribution in [0.25, 0.3) is 0 Å². The first-order valence-electron chi connectivity index (χ1n) is 4.90. The average Bonchev–Trinajstić information content (AvgIpc) is 2.72. The fourth-order valence-electron chi connectivity index (χ4n) is 1.47. The zero-order valence-electron chi connectivity index (χ0n) is 8.12. The SMILES string of the molecule is C1=C(CNCc2ccn[nH]2)COCC1. The number of hydrogen-bond acceptors (Lipinski definition) is 3. The number of H-pyrrole nitrogens is 1. The highest BCUT2D eigenvalue weighted by Crippen LogP contribution is 2.04. The van der Waals surface area contributed by atoms with E-state index in [0.29, 0.717) is 0 Å². The molecule has 2 heterocycles. The molecule has 2 rings (SSSR count). The molecular weight excluding hydrogens is 178 g/mol. The maximum Gasteiger partial charge on any atom is 0.0689 e. The summed E-state index contributed by atoms with van der Waals surface area (Å²) in [6, 6.07) is 1.97. The molecule has 0 aliphatic carbocycles. The predicted octanol–water partition coefficient (Wildman–Crippen LogP) is 0.846. The van der Waals surface area contributed by atoms with E-state index in [9.17, 15) is 0 Å². The summed E-state index contributed by atoms with van der Waals surface area (Å²) < 4.78 is 5.34. The molecule has 0 fully saturated rings. The maximum absolute atomic E-state index is 5.34. The molecule has 2 N–H and O–H groups in total. The molecule has 0 saturated heterocycles. The second-order valence-corrected chi connectivity index (χ2v) is 3.39. The highest BCUT2D eigenvalue weighted by atomic mass is 16.5. The second kappa shape index (κ2) is 4.93. The van der Waals surface area contributed by atoms with Crippen LogP contribution in [0.15, 0.2) is 23.9 Å². The van der Waals surface area contributed by atoms with Gasteiger partial charge in [0.15, 0.2) is 0 Å². The highest BCUT2D eigenvalue weighted by molar-refractivity contribution is 5.07. The van der Waals surface area contributed by atoms with Gasteiger partial charge in [-0.3, -0.25) is 5.10 Å². The molecule has 0 spiro atoms. The Morgan fingerprint density at radius 1 is 1.50 bits per heavy atom. The third-order valence-corrected chi connectivity index (χ3v) is 2.21. The minimum atomic E-state index is 0.774. The third-order valence-electron chi connectivity index (χ3n) is 2.21. The number of nitrogens with one attached hydrogen (secondary N) is 2. The zero-order chi connectivity index (χ0) is 9.64. The third kappa shape index (κ3) is 2.68. The van der Waals surface area contributed by atoms with Crippen molar-refractivity contribution in [1.82, 2.24) is 15.5 Å². The van der Waals surface area contributed by atoms with Gasteiger partial charge >= 0.3 is 0 Å². The molecule has 0 atom stereocenters. The van der Waals surface area contributed by atoms with E-state index in [1.165, 1.54) is 5.57 Å². The molecule has 0 saturated carbocycles. The van der Waals surface area contributed by atoms with Crippen molar-refractivity contribution in [1.29, 1.82) is 0 Å². The fourth-order valence-corrected chi connectivity index (χ4v) is 1.47. The van der Waals surface area contributed by atoms with Gasteiger partial charge in [-0.05, 0) is 18.1 Å². The van der Waals surface area contributed by atoms with Crippen molar-refractivity contribution in [2.75, 3.05) is 19.8 Å². The monoisotopic (exact) mass is 193 g/mol. The lowest BCUT2D eigenvalue weighted by Gasteiger charge is -2.13. The molecule has 0 bridgehead atoms. The van der Waals surface area contributed by atoms with Crippen molar-refractivity contribution in [3.63, 3.8) is 0 Å². The Hall–Kier alpha value is -1.13. The van der Waals surface area contributed by atoms with Crippen LogP contribution in [0.2, 0.25) is 0 Å². The Bertz CT molecular complexity index is 292. The van der Waals surface area contributed by atoms with Gasteiger partial charge in [-0.1, -0.05) is 6.08 Å². The first-order chi connectivity index (χ1) is 6.95. The Morgan fingerprint density at radius 2 is 2.50 bits per heavy atom. The Morgan fingerprint density at radius 3 is 3.21 bits per heavy atom. The minimum Gasteiger partial charge on any atom is -0.377 e. The summed E-state index contributed by atoms with van der Waals surface area (Å²) in [6.07, 6.45) is 5.06. The molecule has 0 amide bonds. The van der Waals surface area contributed by atoms with Crippen LogP contribution in [0.3, 0.4) is 0 Å². The topological polar surface area (TPSA) is 49.9 Å². The van der Waals surface area contributed by atoms with Gasteiger partial charge < -0.3 is 10.1 Å². The predicted molar refractivity (Wildman–Crippen MR) is 53.8 cm³/mol. The van der Waals surface area contributed by atoms with Crippen molar-refractivity contribution >= 4 is 0 Å². The van der Waals surface area contributed by atoms with Crippen molar-refractivity contribution in [3.05, 3.63) is 29.6 Å². The van der Waals surface area contributed by atoms with Crippen molar-refractivity contribution in [2.24, 2.45) is 0 Å². The zero-order valence-corrected chi connectivity index (χ0v) is 8.12. The molecule has 1 aliphatic heterocycles. The summed E-state index contributed by atoms with van der Waals surface area (Å²) in [5, 5.41) is 10.1. The van der Waals surface area contributed by atoms with Gasteiger partial charge in [0.1, 0.15) is 0 Å². The van der Waals surface area contributed by atoms with E-state index >= 15 is 0 Å². The summed E-state index contributed by atoms with van der Waals surface area (Å²) in [4.78, 5) is 0. The molecule has 0 unspecified atom stereocenters. The normalized spacial score (nSPS) is 16.7. The molecule has 0 radical (unpaired) electrons. The second-order valence-electron chi connectivity index (χ2n) is 3.39. The summed E-state index contributed by atoms with van der Waals surface area (Å²) >= 11 is 0. The molecule has 0 aromatic carbocycles. The lowest BCUT2D eigenvalue weighted by molar-refractivity contribution is 0.148. The van der Waals surface area contributed by atoms with Gasteiger partial charge in [0.05, 0.1) is 13.2 Å². The lowest BCUT2D eigenvalue weighted by Crippen LogP contribution is -2.21. The van der Waals surface area contributed by atoms with Crippen LogP contribution in [-0.2, 0) is 11.3 Å². The van der Waals surface area contributed by atoms with Crippen LogP contribution in [0, 0.1) is 0 Å². The standard InChI is InChI=1S/C10H15N3O/c1-2-9(8-14-5-1)6-11-7-10-3-4-12-13-10/h2-4,11H,1,5-8H2,(H,12,13). The van der Waals surface area contributed by atoms with Crippen LogP contribution in [0.4, 0.5) is 0 Å². The van der Waals surface area contributed by atoms with E-state index in [1.807, 2.05) is 6.07 Å². The number of nitrogens with zero attached hydrogens (tertiary/aromatic N) is 1. The van der Waals surface area contributed by atoms with E-state index in [4.69, 9.17) is 4.74 Å². The molecule has 4 nitrogen and oxygen atoms in total. The smallest absolute Gasteiger partial charge is 0.0689 e. The molecule has 1 aliphatic rings. The van der Waals surface area contributed by atoms with Crippen molar-refractivity contribution in [3.8, 4) is 0 Å². The average molecular weight is 193 g/mol. The first-order valence-corrected chi connectivity index (χ1v) is 4.90. The van der Waals surface area contributed by atoms with Crippen molar-refractivity contribution < 1.29 is 4.74 Å². The van der Waals surface area contributed by atoms with E-state index in [0.717, 1.165) is 38.4 Å². The number of aromatic nitrogens is 2. The number of aromatic amines is 1. The summed E-state index contributed by atoms with van der Waals surface area (Å²) in [5.41, 5.74) is 2.46. The molecule has 4 heteroatoms. The number of rotatable bonds is 4. The van der Waals surface area contributed by atoms with E-state index < -0.39 is 0 Å². The maximum atomic E-state index is 5.34. The lowest BCUT2D eigenvalue weighted by atomic mass is 10.2. The Balaban J connectivity index is 1.70. The van der Waals surface area contributed by atoms with Crippen LogP contribution >= 0.6 is 0 Å². The Kier molecular flexibility index (Phi) is 3.32. The number of ether oxygens (including phenoxy) is 1. The van der Waals surface area contributed by atoms with Gasteiger partial charge in [-0.15, -0.1) is 0 Å². The summed E-state index contributed by atoms with van der Waals surface area (Å²) in [6.45, 7) is 3.37. The molecule has 1 aromatic rings. The molecular formula is C10H15N3O. The van der Waals surface area contributed by atoms with Gasteiger partial charge in [0, 0.05) is 25.0 Å². The highest BCUT2D eigenvalue weighted by Gasteiger charge is 2.02. The van der Waals surface area contributed by atoms with Crippen molar-refractivity contribution in [2.45, 2.75) is 13.0 Å². The number of hydrogen-bond donors (Lipinski definition) is 2. The molecule has 14 heavy (non-hydrogen) atoms. The van der Waals surface area contributed by atoms with E-state index in [-0.39, 0.29) is 0 Å². The summed E-state index contributed by atoms with van der Waals surface area (Å²) in [7, 11) is 0. The summed E-state index contributed by atoms with van der Waals surface area (Å²) in [5.74, 6) is 0. The van der Waals surface area contributed by atoms with E-state index in [1.54, 1.807) is 6.20 Å². The van der Waals surface area contributed by atoms with Crippen LogP contribution in [-0.4, -0.2) is 30.0 Å². The fraction of sp³-hybridized carbons (Fsp3) is 0.500. The minimum absolute atomic E-state index is 0.774. The van der Waals surface area contributed by atoms with Gasteiger partial charge in [-0.2, -0.15) is 5.10 Å².